The summed E-state index contributed by atoms with van der Waals surface area (Å²) in [7, 11) is 0. The van der Waals surface area contributed by atoms with E-state index >= 15 is 0 Å². The predicted molar refractivity (Wildman–Crippen MR) is 71.0 cm³/mol. The number of hydrogen-bond donors (Lipinski definition) is 0. The standard InChI is InChI=1S/C10H8B2Cl2N2/c13-11(9-5-1-3-7-15-9)12(14)10-6-2-4-8-16-10/h1-8H. The first-order valence-corrected chi connectivity index (χ1v) is 5.76. The Morgan fingerprint density at radius 1 is 0.750 bits per heavy atom. The highest BCUT2D eigenvalue weighted by atomic mass is 35.5. The van der Waals surface area contributed by atoms with Crippen LogP contribution in [0, 0.1) is 0 Å². The van der Waals surface area contributed by atoms with Crippen molar-refractivity contribution >= 4 is 46.1 Å². The van der Waals surface area contributed by atoms with E-state index in [-0.39, 0.29) is 12.0 Å². The normalized spacial score (nSPS) is 9.88. The summed E-state index contributed by atoms with van der Waals surface area (Å²) in [6.07, 6.45) is 3.40. The zero-order valence-corrected chi connectivity index (χ0v) is 9.94. The molecule has 2 aromatic heterocycles. The van der Waals surface area contributed by atoms with E-state index in [2.05, 4.69) is 9.97 Å². The summed E-state index contributed by atoms with van der Waals surface area (Å²) in [4.78, 5) is 8.36. The van der Waals surface area contributed by atoms with E-state index in [1.807, 2.05) is 36.4 Å². The summed E-state index contributed by atoms with van der Waals surface area (Å²) >= 11 is 12.5. The van der Waals surface area contributed by atoms with Crippen LogP contribution in [0.5, 0.6) is 0 Å². The van der Waals surface area contributed by atoms with E-state index < -0.39 is 0 Å². The van der Waals surface area contributed by atoms with Crippen LogP contribution >= 0.6 is 22.9 Å². The molecule has 16 heavy (non-hydrogen) atoms. The molecule has 0 aliphatic rings. The first-order chi connectivity index (χ1) is 7.79. The van der Waals surface area contributed by atoms with Crippen LogP contribution in [0.4, 0.5) is 0 Å². The Morgan fingerprint density at radius 2 is 1.19 bits per heavy atom. The molecule has 2 aromatic rings. The molecule has 0 bridgehead atoms. The van der Waals surface area contributed by atoms with Crippen LogP contribution in [-0.4, -0.2) is 22.0 Å². The molecule has 6 heteroatoms. The van der Waals surface area contributed by atoms with Crippen molar-refractivity contribution in [3.63, 3.8) is 0 Å². The molecule has 0 N–H and O–H groups in total. The third kappa shape index (κ3) is 2.57. The van der Waals surface area contributed by atoms with Crippen molar-refractivity contribution in [1.29, 1.82) is 0 Å². The fourth-order valence-electron chi connectivity index (χ4n) is 1.38. The van der Waals surface area contributed by atoms with Gasteiger partial charge in [0.05, 0.1) is 0 Å². The molecule has 0 amide bonds. The van der Waals surface area contributed by atoms with Crippen LogP contribution in [0.15, 0.2) is 48.8 Å². The maximum atomic E-state index is 6.26. The molecule has 2 rings (SSSR count). The van der Waals surface area contributed by atoms with Crippen LogP contribution < -0.4 is 11.2 Å². The second kappa shape index (κ2) is 5.37. The van der Waals surface area contributed by atoms with Gasteiger partial charge in [-0.15, -0.1) is 0 Å². The third-order valence-electron chi connectivity index (χ3n) is 2.20. The fraction of sp³-hybridized carbons (Fsp3) is 0. The molecule has 0 aromatic carbocycles. The molecule has 0 saturated heterocycles. The molecular weight excluding hydrogens is 241 g/mol. The number of pyridine rings is 2. The van der Waals surface area contributed by atoms with Gasteiger partial charge in [-0.3, -0.25) is 9.97 Å². The lowest BCUT2D eigenvalue weighted by atomic mass is 9.33. The molecule has 0 aliphatic carbocycles. The zero-order valence-electron chi connectivity index (χ0n) is 8.42. The van der Waals surface area contributed by atoms with Gasteiger partial charge in [0, 0.05) is 23.6 Å². The van der Waals surface area contributed by atoms with Crippen LogP contribution in [0.3, 0.4) is 0 Å². The Hall–Kier alpha value is -0.990. The summed E-state index contributed by atoms with van der Waals surface area (Å²) in [6.45, 7) is 0. The van der Waals surface area contributed by atoms with Crippen molar-refractivity contribution in [3.05, 3.63) is 48.8 Å². The van der Waals surface area contributed by atoms with Gasteiger partial charge in [-0.2, -0.15) is 22.9 Å². The molecule has 78 valence electrons. The summed E-state index contributed by atoms with van der Waals surface area (Å²) in [6, 6.07) is 10.4. The predicted octanol–water partition coefficient (Wildman–Crippen LogP) is 1.13. The lowest BCUT2D eigenvalue weighted by Gasteiger charge is -2.08. The van der Waals surface area contributed by atoms with Crippen molar-refractivity contribution in [2.24, 2.45) is 0 Å². The molecule has 0 atom stereocenters. The maximum absolute atomic E-state index is 6.26. The summed E-state index contributed by atoms with van der Waals surface area (Å²) in [5, 5.41) is 0. The van der Waals surface area contributed by atoms with Gasteiger partial charge < -0.3 is 0 Å². The van der Waals surface area contributed by atoms with Gasteiger partial charge in [-0.25, -0.2) is 0 Å². The minimum absolute atomic E-state index is 0.377. The van der Waals surface area contributed by atoms with Crippen molar-refractivity contribution in [3.8, 4) is 0 Å². The number of aromatic nitrogens is 2. The Labute approximate surface area is 105 Å². The fourth-order valence-corrected chi connectivity index (χ4v) is 1.89. The number of rotatable bonds is 3. The minimum Gasteiger partial charge on any atom is -0.270 e. The van der Waals surface area contributed by atoms with E-state index in [4.69, 9.17) is 22.9 Å². The second-order valence-corrected chi connectivity index (χ2v) is 4.25. The number of nitrogens with zero attached hydrogens (tertiary/aromatic N) is 2. The Kier molecular flexibility index (Phi) is 3.86. The highest BCUT2D eigenvalue weighted by Gasteiger charge is 2.31. The van der Waals surface area contributed by atoms with E-state index in [1.165, 1.54) is 0 Å². The molecule has 2 nitrogen and oxygen atoms in total. The van der Waals surface area contributed by atoms with E-state index in [9.17, 15) is 0 Å². The monoisotopic (exact) mass is 248 g/mol. The van der Waals surface area contributed by atoms with Gasteiger partial charge in [0.15, 0.2) is 0 Å². The number of halogens is 2. The Bertz CT molecular complexity index is 398. The smallest absolute Gasteiger partial charge is 0.270 e. The van der Waals surface area contributed by atoms with E-state index in [0.29, 0.717) is 0 Å². The Balaban J connectivity index is 2.20. The molecule has 0 spiro atoms. The van der Waals surface area contributed by atoms with Crippen LogP contribution in [0.25, 0.3) is 0 Å². The molecule has 0 aliphatic heterocycles. The van der Waals surface area contributed by atoms with Crippen molar-refractivity contribution in [2.45, 2.75) is 0 Å². The topological polar surface area (TPSA) is 25.8 Å². The molecule has 0 fully saturated rings. The first-order valence-electron chi connectivity index (χ1n) is 4.89. The maximum Gasteiger partial charge on any atom is 0.300 e. The van der Waals surface area contributed by atoms with Gasteiger partial charge in [-0.05, 0) is 24.3 Å². The van der Waals surface area contributed by atoms with E-state index in [0.717, 1.165) is 11.2 Å². The van der Waals surface area contributed by atoms with Gasteiger partial charge in [0.2, 0.25) is 0 Å². The molecule has 2 heterocycles. The SMILES string of the molecule is ClB(B(Cl)c1ccccn1)c1ccccn1. The quantitative estimate of drug-likeness (QED) is 0.761. The van der Waals surface area contributed by atoms with Gasteiger partial charge in [0.25, 0.3) is 12.0 Å². The largest absolute Gasteiger partial charge is 0.300 e. The van der Waals surface area contributed by atoms with Gasteiger partial charge in [0.1, 0.15) is 0 Å². The summed E-state index contributed by atoms with van der Waals surface area (Å²) in [5.41, 5.74) is 1.52. The van der Waals surface area contributed by atoms with Crippen molar-refractivity contribution < 1.29 is 0 Å². The molecule has 0 saturated carbocycles. The molecule has 0 radical (unpaired) electrons. The average Bonchev–Trinajstić information content (AvgIpc) is 2.39. The van der Waals surface area contributed by atoms with Crippen molar-refractivity contribution in [2.75, 3.05) is 0 Å². The lowest BCUT2D eigenvalue weighted by molar-refractivity contribution is 1.38. The minimum atomic E-state index is -0.377. The second-order valence-electron chi connectivity index (χ2n) is 3.31. The number of hydrogen-bond acceptors (Lipinski definition) is 2. The van der Waals surface area contributed by atoms with Crippen LogP contribution in [0.1, 0.15) is 0 Å². The highest BCUT2D eigenvalue weighted by Crippen LogP contribution is 2.01. The zero-order chi connectivity index (χ0) is 11.4. The van der Waals surface area contributed by atoms with Crippen molar-refractivity contribution in [1.82, 2.24) is 9.97 Å². The molecule has 0 unspecified atom stereocenters. The Morgan fingerprint density at radius 3 is 1.50 bits per heavy atom. The first kappa shape index (κ1) is 11.5. The summed E-state index contributed by atoms with van der Waals surface area (Å²) < 4.78 is 0. The van der Waals surface area contributed by atoms with Crippen LogP contribution in [-0.2, 0) is 0 Å². The molecular formula is C10H8B2Cl2N2. The van der Waals surface area contributed by atoms with E-state index in [1.54, 1.807) is 12.4 Å². The summed E-state index contributed by atoms with van der Waals surface area (Å²) in [5.74, 6) is 0. The lowest BCUT2D eigenvalue weighted by Crippen LogP contribution is -2.48. The highest BCUT2D eigenvalue weighted by molar-refractivity contribution is 7.63. The van der Waals surface area contributed by atoms with Crippen LogP contribution in [0.2, 0.25) is 0 Å². The van der Waals surface area contributed by atoms with Gasteiger partial charge >= 0.3 is 0 Å². The average molecular weight is 249 g/mol. The third-order valence-corrected chi connectivity index (χ3v) is 3.28. The van der Waals surface area contributed by atoms with Gasteiger partial charge in [-0.1, -0.05) is 12.1 Å².